The van der Waals surface area contributed by atoms with Gasteiger partial charge in [-0.25, -0.2) is 8.78 Å². The first kappa shape index (κ1) is 9.38. The number of carbonyl (C=O) groups is 1. The average Bonchev–Trinajstić information content (AvgIpc) is 1.93. The van der Waals surface area contributed by atoms with E-state index < -0.39 is 22.7 Å². The molecule has 0 aromatic carbocycles. The molecule has 5 heteroatoms. The van der Waals surface area contributed by atoms with E-state index in [1.807, 2.05) is 0 Å². The Hall–Kier alpha value is -1.18. The molecular weight excluding hydrogens is 192 g/mol. The van der Waals surface area contributed by atoms with Gasteiger partial charge < -0.3 is 5.11 Å². The number of alkyl halides is 2. The van der Waals surface area contributed by atoms with E-state index in [9.17, 15) is 13.6 Å². The molecule has 2 aliphatic rings. The molecule has 1 spiro atoms. The maximum absolute atomic E-state index is 12.6. The minimum absolute atomic E-state index is 0.0847. The Kier molecular flexibility index (Phi) is 1.50. The summed E-state index contributed by atoms with van der Waals surface area (Å²) in [7, 11) is 0. The molecule has 0 atom stereocenters. The van der Waals surface area contributed by atoms with E-state index in [1.165, 1.54) is 0 Å². The molecule has 3 nitrogen and oxygen atoms in total. The third kappa shape index (κ3) is 1.03. The molecule has 1 N–H and O–H groups in total. The molecule has 0 saturated heterocycles. The van der Waals surface area contributed by atoms with Gasteiger partial charge in [-0.2, -0.15) is 5.26 Å². The molecule has 2 saturated carbocycles. The van der Waals surface area contributed by atoms with Crippen molar-refractivity contribution in [2.75, 3.05) is 0 Å². The van der Waals surface area contributed by atoms with Crippen molar-refractivity contribution in [2.45, 2.75) is 31.6 Å². The van der Waals surface area contributed by atoms with Gasteiger partial charge in [-0.3, -0.25) is 4.79 Å². The van der Waals surface area contributed by atoms with Crippen molar-refractivity contribution in [1.29, 1.82) is 5.26 Å². The number of halogens is 2. The fourth-order valence-corrected chi connectivity index (χ4v) is 2.80. The van der Waals surface area contributed by atoms with Crippen LogP contribution in [0, 0.1) is 22.2 Å². The van der Waals surface area contributed by atoms with Gasteiger partial charge in [0.2, 0.25) is 5.92 Å². The van der Waals surface area contributed by atoms with Crippen LogP contribution in [-0.4, -0.2) is 17.0 Å². The summed E-state index contributed by atoms with van der Waals surface area (Å²) in [6, 6.07) is 1.72. The van der Waals surface area contributed by atoms with Gasteiger partial charge in [-0.15, -0.1) is 0 Å². The van der Waals surface area contributed by atoms with Crippen LogP contribution in [0.4, 0.5) is 8.78 Å². The lowest BCUT2D eigenvalue weighted by Crippen LogP contribution is -2.60. The smallest absolute Gasteiger partial charge is 0.324 e. The van der Waals surface area contributed by atoms with Crippen molar-refractivity contribution in [2.24, 2.45) is 10.8 Å². The summed E-state index contributed by atoms with van der Waals surface area (Å²) in [5, 5.41) is 17.4. The summed E-state index contributed by atoms with van der Waals surface area (Å²) in [6.45, 7) is 0. The maximum Gasteiger partial charge on any atom is 0.324 e. The average molecular weight is 201 g/mol. The number of nitrogens with zero attached hydrogens (tertiary/aromatic N) is 1. The van der Waals surface area contributed by atoms with Crippen molar-refractivity contribution < 1.29 is 18.7 Å². The summed E-state index contributed by atoms with van der Waals surface area (Å²) in [5.41, 5.74) is -1.95. The van der Waals surface area contributed by atoms with Crippen LogP contribution in [0.3, 0.4) is 0 Å². The molecule has 0 bridgehead atoms. The number of rotatable bonds is 1. The van der Waals surface area contributed by atoms with E-state index in [2.05, 4.69) is 0 Å². The first-order valence-electron chi connectivity index (χ1n) is 4.36. The quantitative estimate of drug-likeness (QED) is 0.703. The molecular formula is C9H9F2NO2. The summed E-state index contributed by atoms with van der Waals surface area (Å²) in [6.07, 6.45) is -0.337. The predicted molar refractivity (Wildman–Crippen MR) is 41.5 cm³/mol. The van der Waals surface area contributed by atoms with E-state index in [1.54, 1.807) is 6.07 Å². The molecule has 2 fully saturated rings. The van der Waals surface area contributed by atoms with E-state index in [-0.39, 0.29) is 25.7 Å². The summed E-state index contributed by atoms with van der Waals surface area (Å²) in [5.74, 6) is -3.82. The van der Waals surface area contributed by atoms with E-state index in [4.69, 9.17) is 10.4 Å². The number of carboxylic acid groups (broad SMARTS) is 1. The maximum atomic E-state index is 12.6. The number of hydrogen-bond acceptors (Lipinski definition) is 2. The molecule has 0 heterocycles. The summed E-state index contributed by atoms with van der Waals surface area (Å²) in [4.78, 5) is 10.7. The van der Waals surface area contributed by atoms with Crippen LogP contribution in [0.15, 0.2) is 0 Å². The van der Waals surface area contributed by atoms with Crippen LogP contribution in [-0.2, 0) is 4.79 Å². The normalized spacial score (nSPS) is 29.8. The third-order valence-electron chi connectivity index (χ3n) is 3.24. The second kappa shape index (κ2) is 2.25. The minimum atomic E-state index is -2.64. The molecule has 0 radical (unpaired) electrons. The molecule has 14 heavy (non-hydrogen) atoms. The van der Waals surface area contributed by atoms with E-state index in [0.29, 0.717) is 0 Å². The Balaban J connectivity index is 2.04. The molecule has 0 unspecified atom stereocenters. The van der Waals surface area contributed by atoms with Gasteiger partial charge in [0.25, 0.3) is 0 Å². The summed E-state index contributed by atoms with van der Waals surface area (Å²) >= 11 is 0. The standard InChI is InChI=1S/C9H9F2NO2/c10-9(11)3-7(4-9)1-8(2-7,5-12)6(13)14/h1-4H2,(H,13,14). The van der Waals surface area contributed by atoms with E-state index >= 15 is 0 Å². The van der Waals surface area contributed by atoms with Crippen LogP contribution in [0.1, 0.15) is 25.7 Å². The highest BCUT2D eigenvalue weighted by Crippen LogP contribution is 2.68. The van der Waals surface area contributed by atoms with Gasteiger partial charge in [0.1, 0.15) is 0 Å². The Labute approximate surface area is 79.3 Å². The largest absolute Gasteiger partial charge is 0.480 e. The van der Waals surface area contributed by atoms with Gasteiger partial charge in [-0.1, -0.05) is 0 Å². The molecule has 76 valence electrons. The van der Waals surface area contributed by atoms with Gasteiger partial charge in [0, 0.05) is 12.8 Å². The Morgan fingerprint density at radius 2 is 1.79 bits per heavy atom. The van der Waals surface area contributed by atoms with Gasteiger partial charge >= 0.3 is 5.97 Å². The lowest BCUT2D eigenvalue weighted by Gasteiger charge is -2.58. The zero-order chi connectivity index (χ0) is 10.6. The highest BCUT2D eigenvalue weighted by molar-refractivity contribution is 5.79. The lowest BCUT2D eigenvalue weighted by molar-refractivity contribution is -0.225. The van der Waals surface area contributed by atoms with Crippen molar-refractivity contribution in [3.63, 3.8) is 0 Å². The fourth-order valence-electron chi connectivity index (χ4n) is 2.80. The summed E-state index contributed by atoms with van der Waals surface area (Å²) < 4.78 is 25.2. The van der Waals surface area contributed by atoms with Crippen LogP contribution in [0.5, 0.6) is 0 Å². The van der Waals surface area contributed by atoms with Gasteiger partial charge in [0.05, 0.1) is 6.07 Å². The molecule has 0 amide bonds. The van der Waals surface area contributed by atoms with Crippen molar-refractivity contribution >= 4 is 5.97 Å². The minimum Gasteiger partial charge on any atom is -0.480 e. The first-order valence-corrected chi connectivity index (χ1v) is 4.36. The second-order valence-corrected chi connectivity index (χ2v) is 4.56. The third-order valence-corrected chi connectivity index (χ3v) is 3.24. The molecule has 2 aliphatic carbocycles. The Morgan fingerprint density at radius 1 is 1.29 bits per heavy atom. The monoisotopic (exact) mass is 201 g/mol. The second-order valence-electron chi connectivity index (χ2n) is 4.56. The van der Waals surface area contributed by atoms with Gasteiger partial charge in [-0.05, 0) is 18.3 Å². The number of hydrogen-bond donors (Lipinski definition) is 1. The molecule has 0 aromatic rings. The molecule has 0 aliphatic heterocycles. The Bertz CT molecular complexity index is 329. The van der Waals surface area contributed by atoms with Crippen LogP contribution >= 0.6 is 0 Å². The van der Waals surface area contributed by atoms with E-state index in [0.717, 1.165) is 0 Å². The highest BCUT2D eigenvalue weighted by Gasteiger charge is 2.69. The van der Waals surface area contributed by atoms with Crippen LogP contribution < -0.4 is 0 Å². The topological polar surface area (TPSA) is 61.1 Å². The Morgan fingerprint density at radius 3 is 2.07 bits per heavy atom. The van der Waals surface area contributed by atoms with Gasteiger partial charge in [0.15, 0.2) is 5.41 Å². The first-order chi connectivity index (χ1) is 6.33. The molecule has 2 rings (SSSR count). The molecule has 0 aromatic heterocycles. The zero-order valence-electron chi connectivity index (χ0n) is 7.39. The van der Waals surface area contributed by atoms with Crippen LogP contribution in [0.2, 0.25) is 0 Å². The van der Waals surface area contributed by atoms with Crippen molar-refractivity contribution in [3.05, 3.63) is 0 Å². The van der Waals surface area contributed by atoms with Crippen molar-refractivity contribution in [1.82, 2.24) is 0 Å². The zero-order valence-corrected chi connectivity index (χ0v) is 7.39. The number of aliphatic carboxylic acids is 1. The van der Waals surface area contributed by atoms with Crippen LogP contribution in [0.25, 0.3) is 0 Å². The predicted octanol–water partition coefficient (Wildman–Crippen LogP) is 1.79. The van der Waals surface area contributed by atoms with Crippen molar-refractivity contribution in [3.8, 4) is 6.07 Å². The highest BCUT2D eigenvalue weighted by atomic mass is 19.3. The fraction of sp³-hybridized carbons (Fsp3) is 0.778. The lowest BCUT2D eigenvalue weighted by atomic mass is 9.44. The number of carboxylic acids is 1. The number of nitriles is 1. The SMILES string of the molecule is N#CC1(C(=O)O)CC2(CC(F)(F)C2)C1.